The van der Waals surface area contributed by atoms with Crippen molar-refractivity contribution in [2.24, 2.45) is 4.99 Å². The standard InChI is InChI=1S/C36H31BrN2O6S/c1-5-44-35(41)32-21(2)38-36-39(33(32)24-14-16-28(42-3)27(37)19-24)34(40)31(46-36)18-22-13-15-29(30(17-22)43-4)45-20-25-11-8-10-23-9-6-7-12-26(23)25/h6-19,33H,5,20H2,1-4H3/b31-18+/t33-/m0/s1. The number of benzene rings is 4. The van der Waals surface area contributed by atoms with Gasteiger partial charge in [0.1, 0.15) is 12.4 Å². The van der Waals surface area contributed by atoms with E-state index in [1.54, 1.807) is 44.8 Å². The molecule has 46 heavy (non-hydrogen) atoms. The van der Waals surface area contributed by atoms with Crippen LogP contribution in [-0.2, 0) is 16.1 Å². The number of allylic oxidation sites excluding steroid dienone is 1. The van der Waals surface area contributed by atoms with Crippen LogP contribution in [0, 0.1) is 0 Å². The Bertz CT molecular complexity index is 2180. The van der Waals surface area contributed by atoms with Gasteiger partial charge in [-0.2, -0.15) is 0 Å². The first-order valence-corrected chi connectivity index (χ1v) is 16.2. The van der Waals surface area contributed by atoms with Gasteiger partial charge in [0.05, 0.1) is 47.1 Å². The molecule has 10 heteroatoms. The molecule has 0 bridgehead atoms. The Hall–Kier alpha value is -4.67. The van der Waals surface area contributed by atoms with Gasteiger partial charge in [-0.15, -0.1) is 0 Å². The second-order valence-corrected chi connectivity index (χ2v) is 12.4. The van der Waals surface area contributed by atoms with Crippen LogP contribution in [0.3, 0.4) is 0 Å². The molecule has 0 N–H and O–H groups in total. The first-order valence-electron chi connectivity index (χ1n) is 14.6. The molecule has 0 spiro atoms. The Labute approximate surface area is 278 Å². The van der Waals surface area contributed by atoms with Crippen molar-refractivity contribution in [3.05, 3.63) is 131 Å². The van der Waals surface area contributed by atoms with E-state index >= 15 is 0 Å². The lowest BCUT2D eigenvalue weighted by Crippen LogP contribution is -2.39. The highest BCUT2D eigenvalue weighted by molar-refractivity contribution is 9.10. The van der Waals surface area contributed by atoms with Gasteiger partial charge in [-0.05, 0) is 87.6 Å². The number of hydrogen-bond donors (Lipinski definition) is 0. The molecular formula is C36H31BrN2O6S. The van der Waals surface area contributed by atoms with Crippen LogP contribution >= 0.6 is 27.3 Å². The topological polar surface area (TPSA) is 88.4 Å². The number of esters is 1. The van der Waals surface area contributed by atoms with E-state index in [9.17, 15) is 9.59 Å². The summed E-state index contributed by atoms with van der Waals surface area (Å²) < 4.78 is 25.4. The molecule has 0 unspecified atom stereocenters. The van der Waals surface area contributed by atoms with Gasteiger partial charge in [0.15, 0.2) is 16.3 Å². The maximum Gasteiger partial charge on any atom is 0.338 e. The number of aromatic nitrogens is 1. The van der Waals surface area contributed by atoms with Gasteiger partial charge >= 0.3 is 5.97 Å². The molecule has 8 nitrogen and oxygen atoms in total. The van der Waals surface area contributed by atoms with Crippen LogP contribution in [0.5, 0.6) is 17.2 Å². The van der Waals surface area contributed by atoms with Gasteiger partial charge < -0.3 is 18.9 Å². The van der Waals surface area contributed by atoms with Crippen molar-refractivity contribution >= 4 is 50.1 Å². The third-order valence-electron chi connectivity index (χ3n) is 7.76. The zero-order valence-corrected chi connectivity index (χ0v) is 28.1. The highest BCUT2D eigenvalue weighted by Crippen LogP contribution is 2.35. The van der Waals surface area contributed by atoms with Crippen molar-refractivity contribution in [3.8, 4) is 17.2 Å². The minimum atomic E-state index is -0.737. The monoisotopic (exact) mass is 698 g/mol. The first kappa shape index (κ1) is 31.3. The fourth-order valence-corrected chi connectivity index (χ4v) is 7.18. The van der Waals surface area contributed by atoms with Crippen molar-refractivity contribution in [1.82, 2.24) is 4.57 Å². The number of thiazole rings is 1. The summed E-state index contributed by atoms with van der Waals surface area (Å²) in [4.78, 5) is 32.4. The number of rotatable bonds is 9. The van der Waals surface area contributed by atoms with E-state index in [0.29, 0.717) is 54.5 Å². The average molecular weight is 700 g/mol. The molecule has 4 aromatic carbocycles. The lowest BCUT2D eigenvalue weighted by Gasteiger charge is -2.25. The molecule has 1 atom stereocenters. The van der Waals surface area contributed by atoms with Gasteiger partial charge in [0.2, 0.25) is 0 Å². The summed E-state index contributed by atoms with van der Waals surface area (Å²) in [7, 11) is 3.17. The van der Waals surface area contributed by atoms with Crippen molar-refractivity contribution in [3.63, 3.8) is 0 Å². The Morgan fingerprint density at radius 1 is 0.978 bits per heavy atom. The highest BCUT2D eigenvalue weighted by Gasteiger charge is 2.33. The lowest BCUT2D eigenvalue weighted by atomic mass is 9.96. The van der Waals surface area contributed by atoms with E-state index in [2.05, 4.69) is 45.2 Å². The van der Waals surface area contributed by atoms with Crippen LogP contribution in [0.4, 0.5) is 0 Å². The Morgan fingerprint density at radius 2 is 1.74 bits per heavy atom. The van der Waals surface area contributed by atoms with Gasteiger partial charge in [-0.25, -0.2) is 9.79 Å². The predicted molar refractivity (Wildman–Crippen MR) is 182 cm³/mol. The number of carbonyl (C=O) groups is 1. The third-order valence-corrected chi connectivity index (χ3v) is 9.36. The van der Waals surface area contributed by atoms with E-state index in [4.69, 9.17) is 18.9 Å². The number of hydrogen-bond acceptors (Lipinski definition) is 8. The minimum Gasteiger partial charge on any atom is -0.496 e. The molecule has 234 valence electrons. The summed E-state index contributed by atoms with van der Waals surface area (Å²) in [6.45, 7) is 4.08. The Morgan fingerprint density at radius 3 is 2.50 bits per heavy atom. The van der Waals surface area contributed by atoms with Crippen LogP contribution < -0.4 is 29.1 Å². The zero-order chi connectivity index (χ0) is 32.4. The normalized spacial score (nSPS) is 14.5. The van der Waals surface area contributed by atoms with Crippen LogP contribution in [0.25, 0.3) is 16.8 Å². The molecule has 1 aliphatic rings. The van der Waals surface area contributed by atoms with E-state index < -0.39 is 12.0 Å². The van der Waals surface area contributed by atoms with E-state index in [1.165, 1.54) is 11.3 Å². The summed E-state index contributed by atoms with van der Waals surface area (Å²) in [5.41, 5.74) is 3.08. The maximum absolute atomic E-state index is 14.0. The molecule has 0 saturated carbocycles. The number of fused-ring (bicyclic) bond motifs is 2. The summed E-state index contributed by atoms with van der Waals surface area (Å²) in [6, 6.07) is 24.7. The highest BCUT2D eigenvalue weighted by atomic mass is 79.9. The molecule has 1 aliphatic heterocycles. The SMILES string of the molecule is CCOC(=O)C1=C(C)N=c2s/c(=C/c3ccc(OCc4cccc5ccccc45)c(OC)c3)c(=O)n2[C@H]1c1ccc(OC)c(Br)c1. The Balaban J connectivity index is 1.38. The number of methoxy groups -OCH3 is 2. The van der Waals surface area contributed by atoms with E-state index in [0.717, 1.165) is 21.9 Å². The third kappa shape index (κ3) is 5.98. The smallest absolute Gasteiger partial charge is 0.338 e. The largest absolute Gasteiger partial charge is 0.496 e. The fourth-order valence-electron chi connectivity index (χ4n) is 5.58. The molecule has 5 aromatic rings. The van der Waals surface area contributed by atoms with Crippen LogP contribution in [0.15, 0.2) is 104 Å². The van der Waals surface area contributed by atoms with Gasteiger partial charge in [-0.3, -0.25) is 9.36 Å². The van der Waals surface area contributed by atoms with Crippen molar-refractivity contribution in [2.75, 3.05) is 20.8 Å². The van der Waals surface area contributed by atoms with Crippen molar-refractivity contribution in [2.45, 2.75) is 26.5 Å². The van der Waals surface area contributed by atoms with Gasteiger partial charge in [0, 0.05) is 0 Å². The zero-order valence-electron chi connectivity index (χ0n) is 25.7. The second-order valence-electron chi connectivity index (χ2n) is 10.5. The maximum atomic E-state index is 14.0. The summed E-state index contributed by atoms with van der Waals surface area (Å²) >= 11 is 4.80. The summed E-state index contributed by atoms with van der Waals surface area (Å²) in [5, 5.41) is 2.29. The quantitative estimate of drug-likeness (QED) is 0.168. The fraction of sp³-hybridized carbons (Fsp3) is 0.194. The van der Waals surface area contributed by atoms with Crippen molar-refractivity contribution < 1.29 is 23.7 Å². The molecular weight excluding hydrogens is 668 g/mol. The molecule has 0 radical (unpaired) electrons. The van der Waals surface area contributed by atoms with Gasteiger partial charge in [-0.1, -0.05) is 65.9 Å². The molecule has 0 aliphatic carbocycles. The Kier molecular flexibility index (Phi) is 9.10. The number of carbonyl (C=O) groups excluding carboxylic acids is 1. The van der Waals surface area contributed by atoms with E-state index in [1.807, 2.05) is 48.5 Å². The summed E-state index contributed by atoms with van der Waals surface area (Å²) in [5.74, 6) is 1.25. The predicted octanol–water partition coefficient (Wildman–Crippen LogP) is 6.31. The number of nitrogens with zero attached hydrogens (tertiary/aromatic N) is 2. The number of halogens is 1. The lowest BCUT2D eigenvalue weighted by molar-refractivity contribution is -0.139. The summed E-state index contributed by atoms with van der Waals surface area (Å²) in [6.07, 6.45) is 1.80. The minimum absolute atomic E-state index is 0.197. The van der Waals surface area contributed by atoms with Crippen molar-refractivity contribution in [1.29, 1.82) is 0 Å². The average Bonchev–Trinajstić information content (AvgIpc) is 3.36. The van der Waals surface area contributed by atoms with Crippen LogP contribution in [-0.4, -0.2) is 31.4 Å². The van der Waals surface area contributed by atoms with Crippen LogP contribution in [0.1, 0.15) is 36.6 Å². The molecule has 6 rings (SSSR count). The first-order chi connectivity index (χ1) is 22.3. The van der Waals surface area contributed by atoms with Crippen LogP contribution in [0.2, 0.25) is 0 Å². The van der Waals surface area contributed by atoms with Gasteiger partial charge in [0.25, 0.3) is 5.56 Å². The molecule has 0 fully saturated rings. The number of ether oxygens (including phenoxy) is 4. The van der Waals surface area contributed by atoms with E-state index in [-0.39, 0.29) is 12.2 Å². The molecule has 1 aromatic heterocycles. The molecule has 0 amide bonds. The second kappa shape index (κ2) is 13.4. The molecule has 2 heterocycles. The molecule has 0 saturated heterocycles.